The maximum absolute atomic E-state index is 12.7. The number of hydrogen-bond donors (Lipinski definition) is 0. The van der Waals surface area contributed by atoms with E-state index in [0.717, 1.165) is 11.1 Å². The fourth-order valence-electron chi connectivity index (χ4n) is 2.48. The van der Waals surface area contributed by atoms with Crippen molar-refractivity contribution in [1.82, 2.24) is 4.98 Å². The Balaban J connectivity index is 2.03. The fourth-order valence-corrected chi connectivity index (χ4v) is 3.84. The lowest BCUT2D eigenvalue weighted by molar-refractivity contribution is 0.457. The third-order valence-electron chi connectivity index (χ3n) is 3.84. The lowest BCUT2D eigenvalue weighted by Gasteiger charge is -2.03. The molecule has 3 aromatic rings. The van der Waals surface area contributed by atoms with Crippen molar-refractivity contribution in [2.45, 2.75) is 24.7 Å². The summed E-state index contributed by atoms with van der Waals surface area (Å²) >= 11 is 0. The second kappa shape index (κ2) is 6.54. The highest BCUT2D eigenvalue weighted by molar-refractivity contribution is 7.90. The standard InChI is InChI=1S/C19H16N2O3S/c1-13-7-9-15(10-8-13)12-25(22,23)19-17(11-20)21-18(24-19)16-6-4-3-5-14(16)2/h3-10H,12H2,1-2H3. The first-order valence-corrected chi connectivity index (χ1v) is 9.31. The molecule has 0 radical (unpaired) electrons. The quantitative estimate of drug-likeness (QED) is 0.713. The minimum absolute atomic E-state index is 0.136. The third kappa shape index (κ3) is 3.47. The Labute approximate surface area is 146 Å². The van der Waals surface area contributed by atoms with E-state index in [2.05, 4.69) is 4.98 Å². The van der Waals surface area contributed by atoms with E-state index in [-0.39, 0.29) is 22.4 Å². The van der Waals surface area contributed by atoms with Crippen LogP contribution in [0, 0.1) is 25.2 Å². The number of rotatable bonds is 4. The molecule has 126 valence electrons. The smallest absolute Gasteiger partial charge is 0.257 e. The molecule has 25 heavy (non-hydrogen) atoms. The molecule has 2 aromatic carbocycles. The normalized spacial score (nSPS) is 11.2. The first-order valence-electron chi connectivity index (χ1n) is 7.66. The molecule has 0 N–H and O–H groups in total. The Bertz CT molecular complexity index is 1060. The van der Waals surface area contributed by atoms with Crippen molar-refractivity contribution >= 4 is 9.84 Å². The van der Waals surface area contributed by atoms with E-state index >= 15 is 0 Å². The van der Waals surface area contributed by atoms with E-state index in [4.69, 9.17) is 4.42 Å². The number of sulfone groups is 1. The Kier molecular flexibility index (Phi) is 4.43. The van der Waals surface area contributed by atoms with Gasteiger partial charge in [0.15, 0.2) is 5.69 Å². The number of aryl methyl sites for hydroxylation is 2. The summed E-state index contributed by atoms with van der Waals surface area (Å²) < 4.78 is 30.9. The molecule has 0 fully saturated rings. The van der Waals surface area contributed by atoms with Crippen LogP contribution in [-0.4, -0.2) is 13.4 Å². The average Bonchev–Trinajstić information content (AvgIpc) is 3.02. The van der Waals surface area contributed by atoms with E-state index in [0.29, 0.717) is 11.1 Å². The molecule has 0 bridgehead atoms. The first-order chi connectivity index (χ1) is 11.9. The predicted octanol–water partition coefficient (Wildman–Crippen LogP) is 3.80. The van der Waals surface area contributed by atoms with Crippen LogP contribution in [-0.2, 0) is 15.6 Å². The highest BCUT2D eigenvalue weighted by Gasteiger charge is 2.27. The summed E-state index contributed by atoms with van der Waals surface area (Å²) in [5.41, 5.74) is 3.00. The number of benzene rings is 2. The number of aromatic nitrogens is 1. The van der Waals surface area contributed by atoms with Gasteiger partial charge in [-0.25, -0.2) is 8.42 Å². The van der Waals surface area contributed by atoms with Gasteiger partial charge < -0.3 is 4.42 Å². The monoisotopic (exact) mass is 352 g/mol. The molecule has 0 saturated heterocycles. The largest absolute Gasteiger partial charge is 0.423 e. The van der Waals surface area contributed by atoms with Gasteiger partial charge in [0.05, 0.1) is 5.75 Å². The van der Waals surface area contributed by atoms with Gasteiger partial charge in [-0.3, -0.25) is 0 Å². The Hall–Kier alpha value is -2.91. The van der Waals surface area contributed by atoms with Gasteiger partial charge in [0, 0.05) is 5.56 Å². The molecule has 0 spiro atoms. The summed E-state index contributed by atoms with van der Waals surface area (Å²) in [6.07, 6.45) is 0. The van der Waals surface area contributed by atoms with Crippen LogP contribution in [0.25, 0.3) is 11.5 Å². The molecule has 0 unspecified atom stereocenters. The van der Waals surface area contributed by atoms with Crippen LogP contribution >= 0.6 is 0 Å². The molecule has 1 aromatic heterocycles. The molecule has 0 aliphatic carbocycles. The summed E-state index contributed by atoms with van der Waals surface area (Å²) in [6, 6.07) is 16.3. The van der Waals surface area contributed by atoms with Gasteiger partial charge in [-0.1, -0.05) is 48.0 Å². The van der Waals surface area contributed by atoms with Gasteiger partial charge in [-0.2, -0.15) is 10.2 Å². The molecular formula is C19H16N2O3S. The lowest BCUT2D eigenvalue weighted by atomic mass is 10.1. The summed E-state index contributed by atoms with van der Waals surface area (Å²) in [7, 11) is -3.82. The van der Waals surface area contributed by atoms with E-state index in [9.17, 15) is 13.7 Å². The summed E-state index contributed by atoms with van der Waals surface area (Å²) in [5, 5.41) is 8.90. The highest BCUT2D eigenvalue weighted by Crippen LogP contribution is 2.29. The zero-order valence-corrected chi connectivity index (χ0v) is 14.7. The molecule has 0 amide bonds. The van der Waals surface area contributed by atoms with Crippen LogP contribution in [0.3, 0.4) is 0 Å². The van der Waals surface area contributed by atoms with Gasteiger partial charge in [0.25, 0.3) is 5.09 Å². The predicted molar refractivity (Wildman–Crippen MR) is 93.5 cm³/mol. The van der Waals surface area contributed by atoms with Crippen LogP contribution in [0.1, 0.15) is 22.4 Å². The lowest BCUT2D eigenvalue weighted by Crippen LogP contribution is -2.05. The number of oxazole rings is 1. The Morgan fingerprint density at radius 3 is 2.40 bits per heavy atom. The van der Waals surface area contributed by atoms with E-state index in [1.54, 1.807) is 24.3 Å². The van der Waals surface area contributed by atoms with Gasteiger partial charge in [-0.05, 0) is 31.0 Å². The average molecular weight is 352 g/mol. The van der Waals surface area contributed by atoms with Crippen molar-refractivity contribution < 1.29 is 12.8 Å². The topological polar surface area (TPSA) is 84.0 Å². The van der Waals surface area contributed by atoms with Crippen molar-refractivity contribution in [1.29, 1.82) is 5.26 Å². The van der Waals surface area contributed by atoms with Crippen LogP contribution < -0.4 is 0 Å². The van der Waals surface area contributed by atoms with E-state index < -0.39 is 9.84 Å². The number of hydrogen-bond acceptors (Lipinski definition) is 5. The second-order valence-corrected chi connectivity index (χ2v) is 7.72. The number of nitriles is 1. The Morgan fingerprint density at radius 2 is 1.76 bits per heavy atom. The zero-order valence-electron chi connectivity index (χ0n) is 13.9. The minimum atomic E-state index is -3.82. The Morgan fingerprint density at radius 1 is 1.08 bits per heavy atom. The van der Waals surface area contributed by atoms with Gasteiger partial charge in [0.1, 0.15) is 6.07 Å². The summed E-state index contributed by atoms with van der Waals surface area (Å²) in [5.74, 6) is -0.109. The van der Waals surface area contributed by atoms with E-state index in [1.807, 2.05) is 44.2 Å². The molecule has 1 heterocycles. The molecule has 0 saturated carbocycles. The molecular weight excluding hydrogens is 336 g/mol. The van der Waals surface area contributed by atoms with Crippen molar-refractivity contribution in [3.05, 3.63) is 70.9 Å². The van der Waals surface area contributed by atoms with Gasteiger partial charge in [0.2, 0.25) is 15.7 Å². The van der Waals surface area contributed by atoms with Gasteiger partial charge in [-0.15, -0.1) is 0 Å². The maximum Gasteiger partial charge on any atom is 0.257 e. The van der Waals surface area contributed by atoms with Crippen molar-refractivity contribution in [3.8, 4) is 17.5 Å². The molecule has 0 aliphatic heterocycles. The summed E-state index contributed by atoms with van der Waals surface area (Å²) in [4.78, 5) is 4.07. The van der Waals surface area contributed by atoms with E-state index in [1.165, 1.54) is 0 Å². The van der Waals surface area contributed by atoms with Crippen molar-refractivity contribution in [2.75, 3.05) is 0 Å². The SMILES string of the molecule is Cc1ccc(CS(=O)(=O)c2oc(-c3ccccc3C)nc2C#N)cc1. The third-order valence-corrected chi connectivity index (χ3v) is 5.39. The highest BCUT2D eigenvalue weighted by atomic mass is 32.2. The van der Waals surface area contributed by atoms with Crippen LogP contribution in [0.5, 0.6) is 0 Å². The molecule has 6 heteroatoms. The fraction of sp³-hybridized carbons (Fsp3) is 0.158. The van der Waals surface area contributed by atoms with Crippen molar-refractivity contribution in [2.24, 2.45) is 0 Å². The number of nitrogens with zero attached hydrogens (tertiary/aromatic N) is 2. The molecule has 0 aliphatic rings. The molecule has 5 nitrogen and oxygen atoms in total. The first kappa shape index (κ1) is 16.9. The van der Waals surface area contributed by atoms with Gasteiger partial charge >= 0.3 is 0 Å². The minimum Gasteiger partial charge on any atom is -0.423 e. The van der Waals surface area contributed by atoms with Crippen LogP contribution in [0.2, 0.25) is 0 Å². The summed E-state index contributed by atoms with van der Waals surface area (Å²) in [6.45, 7) is 3.79. The molecule has 3 rings (SSSR count). The maximum atomic E-state index is 12.7. The van der Waals surface area contributed by atoms with Crippen molar-refractivity contribution in [3.63, 3.8) is 0 Å². The van der Waals surface area contributed by atoms with Crippen LogP contribution in [0.15, 0.2) is 58.0 Å². The van der Waals surface area contributed by atoms with Crippen LogP contribution in [0.4, 0.5) is 0 Å². The molecule has 0 atom stereocenters. The second-order valence-electron chi connectivity index (χ2n) is 5.83. The zero-order chi connectivity index (χ0) is 18.0.